The Labute approximate surface area is 224 Å². The van der Waals surface area contributed by atoms with Gasteiger partial charge in [0.05, 0.1) is 11.0 Å². The zero-order valence-electron chi connectivity index (χ0n) is 22.5. The Morgan fingerprint density at radius 3 is 2.57 bits per heavy atom. The van der Waals surface area contributed by atoms with Crippen LogP contribution in [0, 0.1) is 5.92 Å². The van der Waals surface area contributed by atoms with Crippen LogP contribution in [0.2, 0.25) is 0 Å². The van der Waals surface area contributed by atoms with Gasteiger partial charge in [0.25, 0.3) is 5.91 Å². The van der Waals surface area contributed by atoms with E-state index in [-0.39, 0.29) is 23.8 Å². The highest BCUT2D eigenvalue weighted by atomic mass is 32.1. The van der Waals surface area contributed by atoms with Gasteiger partial charge in [-0.1, -0.05) is 33.8 Å². The highest BCUT2D eigenvalue weighted by Crippen LogP contribution is 2.28. The van der Waals surface area contributed by atoms with Crippen LogP contribution < -0.4 is 10.6 Å². The maximum atomic E-state index is 13.3. The molecule has 8 heteroatoms. The number of amides is 2. The highest BCUT2D eigenvalue weighted by molar-refractivity contribution is 7.09. The lowest BCUT2D eigenvalue weighted by atomic mass is 10.0. The van der Waals surface area contributed by atoms with E-state index in [2.05, 4.69) is 60.4 Å². The highest BCUT2D eigenvalue weighted by Gasteiger charge is 2.26. The molecule has 7 nitrogen and oxygen atoms in total. The third-order valence-corrected chi connectivity index (χ3v) is 8.02. The number of hydrogen-bond acceptors (Lipinski definition) is 5. The third-order valence-electron chi connectivity index (χ3n) is 7.14. The smallest absolute Gasteiger partial charge is 0.252 e. The minimum Gasteiger partial charge on any atom is -0.381 e. The summed E-state index contributed by atoms with van der Waals surface area (Å²) in [5, 5.41) is 8.22. The maximum absolute atomic E-state index is 13.3. The number of aromatic nitrogens is 2. The minimum atomic E-state index is -0.581. The molecule has 0 radical (unpaired) electrons. The summed E-state index contributed by atoms with van der Waals surface area (Å²) in [6, 6.07) is 9.80. The quantitative estimate of drug-likeness (QED) is 0.347. The standard InChI is InChI=1S/C29H40N4O3S/c1-5-22(6-2)33-26-10-9-20(17-24(26)31-27(33)18-23-8-7-15-37-23)28(34)32-25(16-19(3)4)29(35)30-21-11-13-36-14-12-21/h7-10,15,17,19,21-22,25H,5-6,11-14,16,18H2,1-4H3,(H,30,35)(H,32,34)/t25-/m0/s1. The van der Waals surface area contributed by atoms with E-state index >= 15 is 0 Å². The number of carbonyl (C=O) groups excluding carboxylic acids is 2. The first-order chi connectivity index (χ1) is 17.9. The summed E-state index contributed by atoms with van der Waals surface area (Å²) in [5.74, 6) is 0.929. The van der Waals surface area contributed by atoms with Gasteiger partial charge in [-0.2, -0.15) is 0 Å². The van der Waals surface area contributed by atoms with E-state index in [4.69, 9.17) is 9.72 Å². The van der Waals surface area contributed by atoms with Crippen molar-refractivity contribution in [2.75, 3.05) is 13.2 Å². The number of carbonyl (C=O) groups is 2. The summed E-state index contributed by atoms with van der Waals surface area (Å²) in [6.07, 6.45) is 4.99. The zero-order chi connectivity index (χ0) is 26.4. The first-order valence-corrected chi connectivity index (χ1v) is 14.5. The molecule has 1 saturated heterocycles. The van der Waals surface area contributed by atoms with Crippen molar-refractivity contribution in [3.8, 4) is 0 Å². The molecule has 1 aromatic carbocycles. The van der Waals surface area contributed by atoms with Gasteiger partial charge in [-0.25, -0.2) is 4.98 Å². The van der Waals surface area contributed by atoms with Crippen LogP contribution in [0.25, 0.3) is 11.0 Å². The van der Waals surface area contributed by atoms with Crippen molar-refractivity contribution in [3.63, 3.8) is 0 Å². The SMILES string of the molecule is CCC(CC)n1c(Cc2cccs2)nc2cc(C(=O)N[C@@H](CC(C)C)C(=O)NC3CCOCC3)ccc21. The van der Waals surface area contributed by atoms with Crippen LogP contribution in [-0.2, 0) is 16.0 Å². The fourth-order valence-corrected chi connectivity index (χ4v) is 5.83. The number of imidazole rings is 1. The van der Waals surface area contributed by atoms with E-state index in [1.165, 1.54) is 4.88 Å². The summed E-state index contributed by atoms with van der Waals surface area (Å²) in [6.45, 7) is 9.85. The molecule has 0 bridgehead atoms. The van der Waals surface area contributed by atoms with Crippen LogP contribution in [0.3, 0.4) is 0 Å². The van der Waals surface area contributed by atoms with Crippen LogP contribution in [0.1, 0.15) is 86.9 Å². The van der Waals surface area contributed by atoms with Crippen LogP contribution in [0.15, 0.2) is 35.7 Å². The van der Waals surface area contributed by atoms with Gasteiger partial charge in [0.2, 0.25) is 5.91 Å². The molecule has 3 aromatic rings. The summed E-state index contributed by atoms with van der Waals surface area (Å²) in [5.41, 5.74) is 2.39. The number of nitrogens with one attached hydrogen (secondary N) is 2. The van der Waals surface area contributed by atoms with E-state index in [0.29, 0.717) is 31.2 Å². The van der Waals surface area contributed by atoms with Gasteiger partial charge in [-0.05, 0) is 67.7 Å². The van der Waals surface area contributed by atoms with Crippen molar-refractivity contribution in [2.24, 2.45) is 5.92 Å². The van der Waals surface area contributed by atoms with E-state index in [0.717, 1.165) is 49.0 Å². The summed E-state index contributed by atoms with van der Waals surface area (Å²) in [7, 11) is 0. The monoisotopic (exact) mass is 524 g/mol. The number of nitrogens with zero attached hydrogens (tertiary/aromatic N) is 2. The van der Waals surface area contributed by atoms with E-state index in [9.17, 15) is 9.59 Å². The molecule has 2 amide bonds. The normalized spacial score (nSPS) is 15.4. The Balaban J connectivity index is 1.57. The Hall–Kier alpha value is -2.71. The molecule has 0 unspecified atom stereocenters. The van der Waals surface area contributed by atoms with Crippen LogP contribution >= 0.6 is 11.3 Å². The molecule has 1 aliphatic rings. The topological polar surface area (TPSA) is 85.2 Å². The average molecular weight is 525 g/mol. The van der Waals surface area contributed by atoms with Gasteiger partial charge >= 0.3 is 0 Å². The van der Waals surface area contributed by atoms with E-state index < -0.39 is 6.04 Å². The Morgan fingerprint density at radius 1 is 1.16 bits per heavy atom. The second-order valence-corrected chi connectivity index (χ2v) is 11.4. The van der Waals surface area contributed by atoms with Gasteiger partial charge in [0.1, 0.15) is 11.9 Å². The predicted molar refractivity (Wildman–Crippen MR) is 149 cm³/mol. The van der Waals surface area contributed by atoms with Gasteiger partial charge in [0.15, 0.2) is 0 Å². The van der Waals surface area contributed by atoms with Gasteiger partial charge in [-0.3, -0.25) is 9.59 Å². The van der Waals surface area contributed by atoms with Crippen molar-refractivity contribution in [1.29, 1.82) is 0 Å². The third kappa shape index (κ3) is 6.79. The summed E-state index contributed by atoms with van der Waals surface area (Å²) < 4.78 is 7.75. The fraction of sp³-hybridized carbons (Fsp3) is 0.552. The molecule has 37 heavy (non-hydrogen) atoms. The number of ether oxygens (including phenoxy) is 1. The van der Waals surface area contributed by atoms with E-state index in [1.807, 2.05) is 18.2 Å². The van der Waals surface area contributed by atoms with Crippen LogP contribution in [0.5, 0.6) is 0 Å². The molecular formula is C29H40N4O3S. The van der Waals surface area contributed by atoms with Crippen LogP contribution in [0.4, 0.5) is 0 Å². The lowest BCUT2D eigenvalue weighted by molar-refractivity contribution is -0.124. The van der Waals surface area contributed by atoms with Crippen LogP contribution in [-0.4, -0.2) is 46.7 Å². The van der Waals surface area contributed by atoms with Crippen molar-refractivity contribution < 1.29 is 14.3 Å². The molecule has 1 atom stereocenters. The molecular weight excluding hydrogens is 484 g/mol. The molecule has 0 spiro atoms. The maximum Gasteiger partial charge on any atom is 0.252 e. The zero-order valence-corrected chi connectivity index (χ0v) is 23.3. The number of benzene rings is 1. The second kappa shape index (κ2) is 12.7. The average Bonchev–Trinajstić information content (AvgIpc) is 3.52. The minimum absolute atomic E-state index is 0.0972. The molecule has 1 aliphatic heterocycles. The number of rotatable bonds is 11. The number of hydrogen-bond donors (Lipinski definition) is 2. The number of fused-ring (bicyclic) bond motifs is 1. The fourth-order valence-electron chi connectivity index (χ4n) is 5.13. The van der Waals surface area contributed by atoms with Crippen molar-refractivity contribution in [2.45, 2.75) is 84.3 Å². The van der Waals surface area contributed by atoms with Crippen molar-refractivity contribution in [3.05, 3.63) is 52.0 Å². The molecule has 0 saturated carbocycles. The molecule has 2 N–H and O–H groups in total. The van der Waals surface area contributed by atoms with Gasteiger partial charge in [0, 0.05) is 42.2 Å². The lowest BCUT2D eigenvalue weighted by Crippen LogP contribution is -2.51. The molecule has 200 valence electrons. The van der Waals surface area contributed by atoms with Crippen molar-refractivity contribution >= 4 is 34.2 Å². The first kappa shape index (κ1) is 27.3. The molecule has 3 heterocycles. The van der Waals surface area contributed by atoms with Gasteiger partial charge < -0.3 is 19.9 Å². The molecule has 2 aromatic heterocycles. The predicted octanol–water partition coefficient (Wildman–Crippen LogP) is 5.49. The Kier molecular flexibility index (Phi) is 9.38. The second-order valence-electron chi connectivity index (χ2n) is 10.4. The van der Waals surface area contributed by atoms with Gasteiger partial charge in [-0.15, -0.1) is 11.3 Å². The molecule has 4 rings (SSSR count). The summed E-state index contributed by atoms with van der Waals surface area (Å²) in [4.78, 5) is 32.7. The lowest BCUT2D eigenvalue weighted by Gasteiger charge is -2.27. The Morgan fingerprint density at radius 2 is 1.92 bits per heavy atom. The first-order valence-electron chi connectivity index (χ1n) is 13.6. The molecule has 1 fully saturated rings. The molecule has 0 aliphatic carbocycles. The number of thiophene rings is 1. The van der Waals surface area contributed by atoms with Crippen molar-refractivity contribution in [1.82, 2.24) is 20.2 Å². The largest absolute Gasteiger partial charge is 0.381 e. The summed E-state index contributed by atoms with van der Waals surface area (Å²) >= 11 is 1.74. The van der Waals surface area contributed by atoms with E-state index in [1.54, 1.807) is 11.3 Å². The Bertz CT molecular complexity index is 1180.